The van der Waals surface area contributed by atoms with Crippen molar-refractivity contribution >= 4 is 65.5 Å². The van der Waals surface area contributed by atoms with Gasteiger partial charge in [0.2, 0.25) is 0 Å². The van der Waals surface area contributed by atoms with E-state index in [1.807, 2.05) is 0 Å². The van der Waals surface area contributed by atoms with Crippen molar-refractivity contribution in [3.63, 3.8) is 0 Å². The Kier molecular flexibility index (Phi) is 7.84. The van der Waals surface area contributed by atoms with Crippen molar-refractivity contribution in [2.75, 3.05) is 0 Å². The second kappa shape index (κ2) is 9.36. The Bertz CT molecular complexity index is 786. The number of rotatable bonds is 9. The summed E-state index contributed by atoms with van der Waals surface area (Å²) in [7, 11) is 0. The van der Waals surface area contributed by atoms with Crippen LogP contribution in [0.25, 0.3) is 5.57 Å². The molecule has 0 saturated heterocycles. The summed E-state index contributed by atoms with van der Waals surface area (Å²) < 4.78 is 3.83. The van der Waals surface area contributed by atoms with Crippen LogP contribution in [0, 0.1) is 5.41 Å². The van der Waals surface area contributed by atoms with E-state index in [0.29, 0.717) is 37.0 Å². The fraction of sp³-hybridized carbons (Fsp3) is 0.0588. The summed E-state index contributed by atoms with van der Waals surface area (Å²) in [6.45, 7) is 13.4. The molecule has 0 radical (unpaired) electrons. The zero-order valence-electron chi connectivity index (χ0n) is 13.0. The van der Waals surface area contributed by atoms with Gasteiger partial charge in [-0.3, -0.25) is 15.0 Å². The van der Waals surface area contributed by atoms with Gasteiger partial charge in [0.25, 0.3) is 0 Å². The Hall–Kier alpha value is -1.96. The predicted molar refractivity (Wildman–Crippen MR) is 109 cm³/mol. The first kappa shape index (κ1) is 20.1. The molecule has 0 aromatic carbocycles. The van der Waals surface area contributed by atoms with Crippen molar-refractivity contribution in [2.24, 2.45) is 4.40 Å². The molecule has 1 N–H and O–H groups in total. The first-order valence-corrected chi connectivity index (χ1v) is 8.66. The minimum atomic E-state index is 0.00917. The van der Waals surface area contributed by atoms with Crippen molar-refractivity contribution in [1.29, 1.82) is 5.41 Å². The molecule has 0 aliphatic heterocycles. The van der Waals surface area contributed by atoms with Crippen LogP contribution >= 0.6 is 35.9 Å². The molecule has 1 aromatic heterocycles. The van der Waals surface area contributed by atoms with Crippen LogP contribution in [0.15, 0.2) is 57.7 Å². The number of carbonyl (C=O) groups is 2. The molecule has 1 aromatic rings. The highest BCUT2D eigenvalue weighted by Crippen LogP contribution is 2.30. The summed E-state index contributed by atoms with van der Waals surface area (Å²) in [4.78, 5) is 23.9. The normalized spacial score (nSPS) is 11.8. The standard InChI is InChI=1S/C17H16N2O2S3/c1-5-13(8-20)23-12(4)10(2)16(18)17(19-22)11(3)15-7-6-14(9-21)24-15/h5-9,18,22H,2-4H2,1H3/b13-5-,18-16?,19-17-. The van der Waals surface area contributed by atoms with E-state index in [4.69, 9.17) is 5.41 Å². The first-order chi connectivity index (χ1) is 11.4. The zero-order valence-corrected chi connectivity index (χ0v) is 15.6. The maximum atomic E-state index is 10.9. The first-order valence-electron chi connectivity index (χ1n) is 6.63. The van der Waals surface area contributed by atoms with Crippen LogP contribution in [0.5, 0.6) is 0 Å². The van der Waals surface area contributed by atoms with Gasteiger partial charge in [-0.1, -0.05) is 37.6 Å². The lowest BCUT2D eigenvalue weighted by molar-refractivity contribution is -0.104. The average molecular weight is 377 g/mol. The number of allylic oxidation sites excluding steroid dienone is 4. The van der Waals surface area contributed by atoms with Gasteiger partial charge in [-0.15, -0.1) is 11.3 Å². The highest BCUT2D eigenvalue weighted by Gasteiger charge is 2.19. The number of aldehydes is 2. The number of nitrogens with one attached hydrogen (secondary N) is 1. The van der Waals surface area contributed by atoms with Gasteiger partial charge in [0.1, 0.15) is 5.71 Å². The molecular weight excluding hydrogens is 360 g/mol. The van der Waals surface area contributed by atoms with E-state index in [1.54, 1.807) is 25.1 Å². The van der Waals surface area contributed by atoms with Crippen LogP contribution in [-0.2, 0) is 4.79 Å². The Morgan fingerprint density at radius 1 is 1.33 bits per heavy atom. The number of carbonyl (C=O) groups excluding carboxylic acids is 2. The summed E-state index contributed by atoms with van der Waals surface area (Å²) in [6, 6.07) is 3.41. The Morgan fingerprint density at radius 3 is 2.46 bits per heavy atom. The zero-order chi connectivity index (χ0) is 18.3. The third-order valence-corrected chi connectivity index (χ3v) is 5.27. The van der Waals surface area contributed by atoms with Crippen molar-refractivity contribution in [3.8, 4) is 0 Å². The molecule has 7 heteroatoms. The number of hydrogen-bond donors (Lipinski definition) is 2. The third-order valence-electron chi connectivity index (χ3n) is 2.94. The van der Waals surface area contributed by atoms with Gasteiger partial charge in [-0.05, 0) is 31.9 Å². The van der Waals surface area contributed by atoms with Gasteiger partial charge in [0.15, 0.2) is 12.6 Å². The third kappa shape index (κ3) is 4.77. The Labute approximate surface area is 154 Å². The van der Waals surface area contributed by atoms with Gasteiger partial charge in [-0.2, -0.15) is 0 Å². The minimum Gasteiger partial charge on any atom is -0.298 e. The quantitative estimate of drug-likeness (QED) is 0.214. The fourth-order valence-electron chi connectivity index (χ4n) is 1.59. The minimum absolute atomic E-state index is 0.00917. The highest BCUT2D eigenvalue weighted by atomic mass is 32.2. The largest absolute Gasteiger partial charge is 0.298 e. The van der Waals surface area contributed by atoms with E-state index in [-0.39, 0.29) is 11.4 Å². The Morgan fingerprint density at radius 2 is 2.00 bits per heavy atom. The molecule has 0 atom stereocenters. The molecular formula is C17H16N2O2S3. The number of thiophene rings is 1. The van der Waals surface area contributed by atoms with Crippen LogP contribution in [0.1, 0.15) is 21.5 Å². The molecule has 1 rings (SSSR count). The van der Waals surface area contributed by atoms with Crippen molar-refractivity contribution < 1.29 is 9.59 Å². The molecule has 0 fully saturated rings. The maximum Gasteiger partial charge on any atom is 0.160 e. The van der Waals surface area contributed by atoms with Crippen molar-refractivity contribution in [1.82, 2.24) is 0 Å². The molecule has 0 saturated carbocycles. The number of thioether (sulfide) groups is 1. The van der Waals surface area contributed by atoms with E-state index in [2.05, 4.69) is 36.9 Å². The van der Waals surface area contributed by atoms with Gasteiger partial charge >= 0.3 is 0 Å². The van der Waals surface area contributed by atoms with E-state index in [0.717, 1.165) is 18.0 Å². The lowest BCUT2D eigenvalue weighted by Gasteiger charge is -2.13. The topological polar surface area (TPSA) is 70.3 Å². The maximum absolute atomic E-state index is 10.9. The van der Waals surface area contributed by atoms with Crippen LogP contribution in [0.4, 0.5) is 0 Å². The summed E-state index contributed by atoms with van der Waals surface area (Å²) in [5.41, 5.74) is 1.03. The highest BCUT2D eigenvalue weighted by molar-refractivity contribution is 8.07. The van der Waals surface area contributed by atoms with E-state index in [1.165, 1.54) is 11.3 Å². The second-order valence-corrected chi connectivity index (χ2v) is 6.92. The molecule has 0 aliphatic carbocycles. The molecule has 4 nitrogen and oxygen atoms in total. The summed E-state index contributed by atoms with van der Waals surface area (Å²) in [5.74, 6) is 0. The fourth-order valence-corrected chi connectivity index (χ4v) is 3.28. The molecule has 0 unspecified atom stereocenters. The van der Waals surface area contributed by atoms with E-state index in [9.17, 15) is 9.59 Å². The SMILES string of the molecule is C=C(S/C(C=O)=C\C)C(=C)C(=N)/C(=N\S)C(=C)c1ccc(C=O)s1. The van der Waals surface area contributed by atoms with Crippen molar-refractivity contribution in [2.45, 2.75) is 6.92 Å². The molecule has 0 bridgehead atoms. The predicted octanol–water partition coefficient (Wildman–Crippen LogP) is 4.79. The molecule has 0 aliphatic rings. The number of hydrogen-bond acceptors (Lipinski definition) is 7. The van der Waals surface area contributed by atoms with Gasteiger partial charge in [0, 0.05) is 25.8 Å². The van der Waals surface area contributed by atoms with Gasteiger partial charge < -0.3 is 0 Å². The Balaban J connectivity index is 2.99. The molecule has 0 amide bonds. The van der Waals surface area contributed by atoms with Gasteiger partial charge in [-0.25, -0.2) is 4.40 Å². The second-order valence-electron chi connectivity index (χ2n) is 4.43. The van der Waals surface area contributed by atoms with Crippen molar-refractivity contribution in [3.05, 3.63) is 63.1 Å². The van der Waals surface area contributed by atoms with Crippen LogP contribution < -0.4 is 0 Å². The number of thiol groups is 1. The monoisotopic (exact) mass is 376 g/mol. The molecule has 0 spiro atoms. The molecule has 124 valence electrons. The van der Waals surface area contributed by atoms with Crippen LogP contribution in [-0.4, -0.2) is 24.0 Å². The smallest absolute Gasteiger partial charge is 0.160 e. The van der Waals surface area contributed by atoms with Crippen LogP contribution in [0.3, 0.4) is 0 Å². The summed E-state index contributed by atoms with van der Waals surface area (Å²) >= 11 is 6.30. The summed E-state index contributed by atoms with van der Waals surface area (Å²) in [5, 5.41) is 8.29. The van der Waals surface area contributed by atoms with E-state index >= 15 is 0 Å². The van der Waals surface area contributed by atoms with E-state index < -0.39 is 0 Å². The van der Waals surface area contributed by atoms with Crippen LogP contribution in [0.2, 0.25) is 0 Å². The lowest BCUT2D eigenvalue weighted by Crippen LogP contribution is -2.16. The lowest BCUT2D eigenvalue weighted by atomic mass is 10.0. The average Bonchev–Trinajstić information content (AvgIpc) is 3.08. The summed E-state index contributed by atoms with van der Waals surface area (Å²) in [6.07, 6.45) is 3.12. The molecule has 24 heavy (non-hydrogen) atoms. The molecule has 1 heterocycles. The van der Waals surface area contributed by atoms with Gasteiger partial charge in [0.05, 0.1) is 10.6 Å². The number of nitrogens with zero attached hydrogens (tertiary/aromatic N) is 1.